The Bertz CT molecular complexity index is 1140. The number of benzene rings is 2. The van der Waals surface area contributed by atoms with Crippen molar-refractivity contribution in [3.8, 4) is 11.5 Å². The molecule has 0 atom stereocenters. The molecule has 0 spiro atoms. The quantitative estimate of drug-likeness (QED) is 0.393. The zero-order valence-electron chi connectivity index (χ0n) is 19.5. The van der Waals surface area contributed by atoms with E-state index < -0.39 is 0 Å². The zero-order valence-corrected chi connectivity index (χ0v) is 21.1. The van der Waals surface area contributed by atoms with Crippen LogP contribution in [-0.4, -0.2) is 52.4 Å². The van der Waals surface area contributed by atoms with Gasteiger partial charge < -0.3 is 14.4 Å². The molecule has 0 aromatic heterocycles. The van der Waals surface area contributed by atoms with Crippen LogP contribution in [0.15, 0.2) is 53.4 Å². The number of carbonyl (C=O) groups is 2. The van der Waals surface area contributed by atoms with Crippen LogP contribution in [0.1, 0.15) is 36.8 Å². The van der Waals surface area contributed by atoms with Gasteiger partial charge in [-0.1, -0.05) is 60.4 Å². The molecule has 35 heavy (non-hydrogen) atoms. The van der Waals surface area contributed by atoms with E-state index in [9.17, 15) is 9.59 Å². The minimum Gasteiger partial charge on any atom is -0.454 e. The predicted molar refractivity (Wildman–Crippen MR) is 141 cm³/mol. The van der Waals surface area contributed by atoms with E-state index in [0.29, 0.717) is 46.0 Å². The van der Waals surface area contributed by atoms with Gasteiger partial charge in [-0.25, -0.2) is 0 Å². The minimum absolute atomic E-state index is 0.105. The van der Waals surface area contributed by atoms with E-state index in [2.05, 4.69) is 24.3 Å². The van der Waals surface area contributed by atoms with Crippen LogP contribution < -0.4 is 9.47 Å². The SMILES string of the molecule is O=C(CCCN1C(=O)C(=Cc2ccc3c(c2)OCO3)SC1=S)N1CCC(Cc2ccccc2)CC1. The Hall–Kier alpha value is -2.84. The average Bonchev–Trinajstić information content (AvgIpc) is 3.44. The number of thiocarbonyl (C=S) groups is 1. The number of carbonyl (C=O) groups excluding carboxylic acids is 2. The molecule has 3 aliphatic rings. The first-order chi connectivity index (χ1) is 17.1. The van der Waals surface area contributed by atoms with E-state index >= 15 is 0 Å². The Labute approximate surface area is 215 Å². The number of piperidine rings is 1. The lowest BCUT2D eigenvalue weighted by atomic mass is 9.90. The maximum atomic E-state index is 12.9. The highest BCUT2D eigenvalue weighted by Crippen LogP contribution is 2.36. The van der Waals surface area contributed by atoms with Gasteiger partial charge >= 0.3 is 0 Å². The number of hydrogen-bond acceptors (Lipinski definition) is 6. The van der Waals surface area contributed by atoms with Crippen LogP contribution in [0, 0.1) is 5.92 Å². The Balaban J connectivity index is 1.08. The summed E-state index contributed by atoms with van der Waals surface area (Å²) in [4.78, 5) is 29.8. The van der Waals surface area contributed by atoms with Crippen molar-refractivity contribution < 1.29 is 19.1 Å². The predicted octanol–water partition coefficient (Wildman–Crippen LogP) is 4.88. The van der Waals surface area contributed by atoms with Gasteiger partial charge in [0.05, 0.1) is 4.91 Å². The summed E-state index contributed by atoms with van der Waals surface area (Å²) in [6, 6.07) is 16.1. The van der Waals surface area contributed by atoms with Gasteiger partial charge in [-0.05, 0) is 60.9 Å². The van der Waals surface area contributed by atoms with Crippen LogP contribution in [-0.2, 0) is 16.0 Å². The molecular weight excluding hydrogens is 480 g/mol. The highest BCUT2D eigenvalue weighted by atomic mass is 32.2. The second-order valence-electron chi connectivity index (χ2n) is 9.06. The maximum Gasteiger partial charge on any atom is 0.266 e. The van der Waals surface area contributed by atoms with Crippen LogP contribution in [0.4, 0.5) is 0 Å². The lowest BCUT2D eigenvalue weighted by molar-refractivity contribution is -0.133. The molecule has 3 heterocycles. The van der Waals surface area contributed by atoms with Gasteiger partial charge in [0.1, 0.15) is 4.32 Å². The number of ether oxygens (including phenoxy) is 2. The van der Waals surface area contributed by atoms with Gasteiger partial charge in [0.25, 0.3) is 5.91 Å². The number of likely N-dealkylation sites (tertiary alicyclic amines) is 1. The largest absolute Gasteiger partial charge is 0.454 e. The van der Waals surface area contributed by atoms with Crippen molar-refractivity contribution in [1.82, 2.24) is 9.80 Å². The summed E-state index contributed by atoms with van der Waals surface area (Å²) in [7, 11) is 0. The molecule has 8 heteroatoms. The molecule has 2 amide bonds. The summed E-state index contributed by atoms with van der Waals surface area (Å²) in [6.45, 7) is 2.30. The van der Waals surface area contributed by atoms with E-state index in [-0.39, 0.29) is 18.6 Å². The van der Waals surface area contributed by atoms with Gasteiger partial charge in [0, 0.05) is 26.1 Å². The Morgan fingerprint density at radius 1 is 1.09 bits per heavy atom. The van der Waals surface area contributed by atoms with E-state index in [0.717, 1.165) is 37.9 Å². The lowest BCUT2D eigenvalue weighted by Gasteiger charge is -2.32. The molecule has 2 fully saturated rings. The standard InChI is InChI=1S/C27H28N2O4S2/c30-25(28-13-10-20(11-14-28)15-19-5-2-1-3-6-19)7-4-12-29-26(31)24(35-27(29)34)17-21-8-9-22-23(16-21)33-18-32-22/h1-3,5-6,8-9,16-17,20H,4,7,10-15,18H2. The molecule has 3 aliphatic heterocycles. The third-order valence-corrected chi connectivity index (χ3v) is 8.05. The number of fused-ring (bicyclic) bond motifs is 1. The molecule has 6 nitrogen and oxygen atoms in total. The topological polar surface area (TPSA) is 59.1 Å². The molecule has 0 radical (unpaired) electrons. The van der Waals surface area contributed by atoms with Crippen LogP contribution in [0.5, 0.6) is 11.5 Å². The van der Waals surface area contributed by atoms with E-state index in [1.165, 1.54) is 17.3 Å². The summed E-state index contributed by atoms with van der Waals surface area (Å²) < 4.78 is 11.3. The van der Waals surface area contributed by atoms with Gasteiger partial charge in [-0.2, -0.15) is 0 Å². The molecule has 0 aliphatic carbocycles. The molecule has 0 N–H and O–H groups in total. The number of rotatable bonds is 7. The molecule has 2 saturated heterocycles. The van der Waals surface area contributed by atoms with Crippen LogP contribution in [0.2, 0.25) is 0 Å². The first-order valence-corrected chi connectivity index (χ1v) is 13.3. The molecule has 2 aromatic rings. The third-order valence-electron chi connectivity index (χ3n) is 6.67. The van der Waals surface area contributed by atoms with Gasteiger partial charge in [-0.15, -0.1) is 0 Å². The van der Waals surface area contributed by atoms with E-state index in [1.807, 2.05) is 35.2 Å². The minimum atomic E-state index is -0.105. The van der Waals surface area contributed by atoms with Crippen molar-refractivity contribution in [2.75, 3.05) is 26.4 Å². The van der Waals surface area contributed by atoms with E-state index in [1.54, 1.807) is 4.90 Å². The number of hydrogen-bond donors (Lipinski definition) is 0. The van der Waals surface area contributed by atoms with Gasteiger partial charge in [-0.3, -0.25) is 14.5 Å². The van der Waals surface area contributed by atoms with Gasteiger partial charge in [0.2, 0.25) is 12.7 Å². The number of thioether (sulfide) groups is 1. The third kappa shape index (κ3) is 5.70. The van der Waals surface area contributed by atoms with Crippen molar-refractivity contribution in [3.05, 3.63) is 64.6 Å². The number of amides is 2. The van der Waals surface area contributed by atoms with Crippen molar-refractivity contribution in [3.63, 3.8) is 0 Å². The first-order valence-electron chi connectivity index (χ1n) is 12.0. The lowest BCUT2D eigenvalue weighted by Crippen LogP contribution is -2.39. The van der Waals surface area contributed by atoms with Crippen molar-refractivity contribution >= 4 is 46.2 Å². The number of nitrogens with zero attached hydrogens (tertiary/aromatic N) is 2. The highest BCUT2D eigenvalue weighted by Gasteiger charge is 2.32. The Kier molecular flexibility index (Phi) is 7.39. The maximum absolute atomic E-state index is 12.9. The van der Waals surface area contributed by atoms with Crippen LogP contribution >= 0.6 is 24.0 Å². The van der Waals surface area contributed by atoms with E-state index in [4.69, 9.17) is 21.7 Å². The molecular formula is C27H28N2O4S2. The smallest absolute Gasteiger partial charge is 0.266 e. The second-order valence-corrected chi connectivity index (χ2v) is 10.7. The normalized spacial score (nSPS) is 19.1. The van der Waals surface area contributed by atoms with Crippen LogP contribution in [0.3, 0.4) is 0 Å². The molecule has 2 aromatic carbocycles. The summed E-state index contributed by atoms with van der Waals surface area (Å²) in [5, 5.41) is 0. The fraction of sp³-hybridized carbons (Fsp3) is 0.370. The van der Waals surface area contributed by atoms with Crippen molar-refractivity contribution in [1.29, 1.82) is 0 Å². The highest BCUT2D eigenvalue weighted by molar-refractivity contribution is 8.26. The van der Waals surface area contributed by atoms with Crippen molar-refractivity contribution in [2.24, 2.45) is 5.92 Å². The van der Waals surface area contributed by atoms with Crippen molar-refractivity contribution in [2.45, 2.75) is 32.1 Å². The second kappa shape index (κ2) is 10.8. The summed E-state index contributed by atoms with van der Waals surface area (Å²) in [5.74, 6) is 2.08. The Morgan fingerprint density at radius 3 is 2.66 bits per heavy atom. The summed E-state index contributed by atoms with van der Waals surface area (Å²) in [5.41, 5.74) is 2.23. The molecule has 182 valence electrons. The molecule has 0 bridgehead atoms. The molecule has 0 unspecified atom stereocenters. The monoisotopic (exact) mass is 508 g/mol. The first kappa shape index (κ1) is 23.9. The Morgan fingerprint density at radius 2 is 1.86 bits per heavy atom. The fourth-order valence-electron chi connectivity index (χ4n) is 4.73. The molecule has 5 rings (SSSR count). The molecule has 0 saturated carbocycles. The summed E-state index contributed by atoms with van der Waals surface area (Å²) in [6.07, 6.45) is 6.03. The van der Waals surface area contributed by atoms with Crippen LogP contribution in [0.25, 0.3) is 6.08 Å². The fourth-order valence-corrected chi connectivity index (χ4v) is 6.04. The summed E-state index contributed by atoms with van der Waals surface area (Å²) >= 11 is 6.75. The average molecular weight is 509 g/mol. The zero-order chi connectivity index (χ0) is 24.2. The van der Waals surface area contributed by atoms with Gasteiger partial charge in [0.15, 0.2) is 11.5 Å².